The zero-order chi connectivity index (χ0) is 18.1. The van der Waals surface area contributed by atoms with Crippen molar-refractivity contribution >= 4 is 29.1 Å². The molecule has 0 heterocycles. The van der Waals surface area contributed by atoms with E-state index in [1.165, 1.54) is 0 Å². The number of nitriles is 1. The molecule has 2 aromatic carbocycles. The minimum absolute atomic E-state index is 0.158. The Morgan fingerprint density at radius 1 is 0.840 bits per heavy atom. The van der Waals surface area contributed by atoms with Gasteiger partial charge in [0.1, 0.15) is 6.42 Å². The number of anilines is 2. The van der Waals surface area contributed by atoms with E-state index in [2.05, 4.69) is 16.0 Å². The highest BCUT2D eigenvalue weighted by molar-refractivity contribution is 5.99. The van der Waals surface area contributed by atoms with Gasteiger partial charge in [0.25, 0.3) is 5.91 Å². The molecule has 0 fully saturated rings. The van der Waals surface area contributed by atoms with Crippen LogP contribution in [0.15, 0.2) is 54.6 Å². The lowest BCUT2D eigenvalue weighted by Crippen LogP contribution is -2.32. The van der Waals surface area contributed by atoms with Crippen LogP contribution >= 0.6 is 0 Å². The lowest BCUT2D eigenvalue weighted by molar-refractivity contribution is -0.116. The van der Waals surface area contributed by atoms with Crippen molar-refractivity contribution in [3.05, 3.63) is 60.2 Å². The fraction of sp³-hybridized carbons (Fsp3) is 0.111. The smallest absolute Gasteiger partial charge is 0.251 e. The standard InChI is InChI=1S/C18H16N4O3/c19-11-10-16(23)21-14-6-8-15(9-7-14)22-17(24)12-20-18(25)13-4-2-1-3-5-13/h1-9H,10,12H2,(H,20,25)(H,21,23)(H,22,24). The van der Waals surface area contributed by atoms with Crippen molar-refractivity contribution in [2.45, 2.75) is 6.42 Å². The number of rotatable bonds is 6. The van der Waals surface area contributed by atoms with Gasteiger partial charge in [-0.25, -0.2) is 0 Å². The molecule has 0 saturated heterocycles. The molecule has 0 aliphatic heterocycles. The molecule has 7 nitrogen and oxygen atoms in total. The van der Waals surface area contributed by atoms with E-state index in [1.807, 2.05) is 0 Å². The van der Waals surface area contributed by atoms with E-state index in [0.717, 1.165) is 0 Å². The summed E-state index contributed by atoms with van der Waals surface area (Å²) in [4.78, 5) is 35.0. The molecule has 0 bridgehead atoms. The number of carbonyl (C=O) groups is 3. The van der Waals surface area contributed by atoms with Crippen LogP contribution in [0.1, 0.15) is 16.8 Å². The first-order valence-electron chi connectivity index (χ1n) is 7.48. The van der Waals surface area contributed by atoms with Gasteiger partial charge in [-0.05, 0) is 36.4 Å². The molecule has 3 N–H and O–H groups in total. The topological polar surface area (TPSA) is 111 Å². The first-order chi connectivity index (χ1) is 12.1. The van der Waals surface area contributed by atoms with Crippen molar-refractivity contribution in [2.24, 2.45) is 0 Å². The lowest BCUT2D eigenvalue weighted by Gasteiger charge is -2.08. The molecule has 0 radical (unpaired) electrons. The van der Waals surface area contributed by atoms with Crippen LogP contribution in [0, 0.1) is 11.3 Å². The van der Waals surface area contributed by atoms with Crippen molar-refractivity contribution in [1.29, 1.82) is 5.26 Å². The molecular weight excluding hydrogens is 320 g/mol. The van der Waals surface area contributed by atoms with Crippen LogP contribution in [0.2, 0.25) is 0 Å². The Labute approximate surface area is 144 Å². The minimum atomic E-state index is -0.400. The second-order valence-electron chi connectivity index (χ2n) is 5.06. The van der Waals surface area contributed by atoms with Crippen molar-refractivity contribution in [3.63, 3.8) is 0 Å². The molecule has 3 amide bonds. The average molecular weight is 336 g/mol. The highest BCUT2D eigenvalue weighted by atomic mass is 16.2. The molecule has 0 spiro atoms. The molecule has 2 rings (SSSR count). The number of nitrogens with zero attached hydrogens (tertiary/aromatic N) is 1. The van der Waals surface area contributed by atoms with Crippen molar-refractivity contribution in [1.82, 2.24) is 5.32 Å². The number of amides is 3. The number of benzene rings is 2. The quantitative estimate of drug-likeness (QED) is 0.748. The van der Waals surface area contributed by atoms with Crippen LogP contribution in [0.4, 0.5) is 11.4 Å². The SMILES string of the molecule is N#CCC(=O)Nc1ccc(NC(=O)CNC(=O)c2ccccc2)cc1. The molecule has 0 atom stereocenters. The van der Waals surface area contributed by atoms with E-state index in [0.29, 0.717) is 16.9 Å². The Morgan fingerprint density at radius 3 is 1.96 bits per heavy atom. The number of hydrogen-bond donors (Lipinski definition) is 3. The van der Waals surface area contributed by atoms with Gasteiger partial charge in [-0.15, -0.1) is 0 Å². The highest BCUT2D eigenvalue weighted by Crippen LogP contribution is 2.13. The molecule has 0 aliphatic rings. The predicted molar refractivity (Wildman–Crippen MR) is 92.7 cm³/mol. The molecule has 7 heteroatoms. The van der Waals surface area contributed by atoms with Crippen molar-refractivity contribution in [3.8, 4) is 6.07 Å². The molecule has 0 saturated carbocycles. The summed E-state index contributed by atoms with van der Waals surface area (Å²) in [5.74, 6) is -1.10. The normalized spacial score (nSPS) is 9.56. The van der Waals surface area contributed by atoms with E-state index in [9.17, 15) is 14.4 Å². The van der Waals surface area contributed by atoms with Gasteiger partial charge in [0.05, 0.1) is 12.6 Å². The van der Waals surface area contributed by atoms with Crippen molar-refractivity contribution < 1.29 is 14.4 Å². The van der Waals surface area contributed by atoms with Crippen LogP contribution < -0.4 is 16.0 Å². The van der Waals surface area contributed by atoms with E-state index in [-0.39, 0.29) is 24.8 Å². The van der Waals surface area contributed by atoms with Gasteiger partial charge in [0, 0.05) is 16.9 Å². The Bertz CT molecular complexity index is 795. The molecule has 126 valence electrons. The first kappa shape index (κ1) is 17.7. The fourth-order valence-electron chi connectivity index (χ4n) is 1.97. The Morgan fingerprint density at radius 2 is 1.40 bits per heavy atom. The van der Waals surface area contributed by atoms with Crippen LogP contribution in [-0.4, -0.2) is 24.3 Å². The average Bonchev–Trinajstić information content (AvgIpc) is 2.62. The summed E-state index contributed by atoms with van der Waals surface area (Å²) in [6.45, 7) is -0.158. The fourth-order valence-corrected chi connectivity index (χ4v) is 1.97. The molecule has 0 aliphatic carbocycles. The molecule has 2 aromatic rings. The van der Waals surface area contributed by atoms with Crippen molar-refractivity contribution in [2.75, 3.05) is 17.2 Å². The maximum atomic E-state index is 11.9. The van der Waals surface area contributed by atoms with Gasteiger partial charge in [-0.3, -0.25) is 14.4 Å². The third kappa shape index (κ3) is 5.80. The molecule has 0 unspecified atom stereocenters. The van der Waals surface area contributed by atoms with E-state index < -0.39 is 5.91 Å². The Hall–Kier alpha value is -3.66. The third-order valence-electron chi connectivity index (χ3n) is 3.14. The number of hydrogen-bond acceptors (Lipinski definition) is 4. The molecule has 0 aromatic heterocycles. The third-order valence-corrected chi connectivity index (χ3v) is 3.14. The highest BCUT2D eigenvalue weighted by Gasteiger charge is 2.08. The zero-order valence-electron chi connectivity index (χ0n) is 13.3. The van der Waals surface area contributed by atoms with Gasteiger partial charge >= 0.3 is 0 Å². The zero-order valence-corrected chi connectivity index (χ0v) is 13.3. The summed E-state index contributed by atoms with van der Waals surface area (Å²) in [5.41, 5.74) is 1.53. The summed E-state index contributed by atoms with van der Waals surface area (Å²) >= 11 is 0. The van der Waals surface area contributed by atoms with Gasteiger partial charge in [0.15, 0.2) is 0 Å². The summed E-state index contributed by atoms with van der Waals surface area (Å²) in [5, 5.41) is 16.2. The number of carbonyl (C=O) groups excluding carboxylic acids is 3. The maximum Gasteiger partial charge on any atom is 0.251 e. The summed E-state index contributed by atoms with van der Waals surface area (Å²) in [6, 6.07) is 16.8. The maximum absolute atomic E-state index is 11.9. The molecular formula is C18H16N4O3. The summed E-state index contributed by atoms with van der Waals surface area (Å²) < 4.78 is 0. The monoisotopic (exact) mass is 336 g/mol. The van der Waals surface area contributed by atoms with Crippen LogP contribution in [-0.2, 0) is 9.59 Å². The minimum Gasteiger partial charge on any atom is -0.343 e. The van der Waals surface area contributed by atoms with Gasteiger partial charge in [-0.2, -0.15) is 5.26 Å². The lowest BCUT2D eigenvalue weighted by atomic mass is 10.2. The molecule has 25 heavy (non-hydrogen) atoms. The van der Waals surface area contributed by atoms with E-state index in [1.54, 1.807) is 60.7 Å². The number of nitrogens with one attached hydrogen (secondary N) is 3. The Kier molecular flexibility index (Phi) is 6.25. The summed E-state index contributed by atoms with van der Waals surface area (Å²) in [7, 11) is 0. The van der Waals surface area contributed by atoms with Gasteiger partial charge in [0.2, 0.25) is 11.8 Å². The largest absolute Gasteiger partial charge is 0.343 e. The Balaban J connectivity index is 1.81. The van der Waals surface area contributed by atoms with Gasteiger partial charge in [-0.1, -0.05) is 18.2 Å². The van der Waals surface area contributed by atoms with E-state index >= 15 is 0 Å². The second-order valence-corrected chi connectivity index (χ2v) is 5.06. The predicted octanol–water partition coefficient (Wildman–Crippen LogP) is 1.91. The second kappa shape index (κ2) is 8.84. The van der Waals surface area contributed by atoms with Gasteiger partial charge < -0.3 is 16.0 Å². The van der Waals surface area contributed by atoms with Crippen LogP contribution in [0.3, 0.4) is 0 Å². The van der Waals surface area contributed by atoms with Crippen LogP contribution in [0.25, 0.3) is 0 Å². The van der Waals surface area contributed by atoms with Crippen LogP contribution in [0.5, 0.6) is 0 Å². The summed E-state index contributed by atoms with van der Waals surface area (Å²) in [6.07, 6.45) is -0.223. The first-order valence-corrected chi connectivity index (χ1v) is 7.48. The van der Waals surface area contributed by atoms with E-state index in [4.69, 9.17) is 5.26 Å².